The summed E-state index contributed by atoms with van der Waals surface area (Å²) in [5.41, 5.74) is 7.31. The lowest BCUT2D eigenvalue weighted by atomic mass is 10.3. The van der Waals surface area contributed by atoms with E-state index >= 15 is 0 Å². The molecule has 2 aromatic rings. The largest absolute Gasteiger partial charge is 0.398 e. The summed E-state index contributed by atoms with van der Waals surface area (Å²) in [7, 11) is 0. The maximum absolute atomic E-state index is 11.8. The maximum Gasteiger partial charge on any atom is 0.225 e. The van der Waals surface area contributed by atoms with E-state index in [1.165, 1.54) is 0 Å². The molecule has 5 heteroatoms. The van der Waals surface area contributed by atoms with E-state index in [1.807, 2.05) is 36.4 Å². The average molecular weight is 307 g/mol. The van der Waals surface area contributed by atoms with Gasteiger partial charge in [0.2, 0.25) is 5.91 Å². The van der Waals surface area contributed by atoms with Crippen LogP contribution in [0.25, 0.3) is 0 Å². The third-order valence-electron chi connectivity index (χ3n) is 2.62. The highest BCUT2D eigenvalue weighted by Crippen LogP contribution is 2.28. The van der Waals surface area contributed by atoms with Gasteiger partial charge in [-0.05, 0) is 30.3 Å². The highest BCUT2D eigenvalue weighted by molar-refractivity contribution is 7.99. The molecule has 0 fully saturated rings. The topological polar surface area (TPSA) is 55.1 Å². The van der Waals surface area contributed by atoms with Gasteiger partial charge in [0, 0.05) is 33.5 Å². The summed E-state index contributed by atoms with van der Waals surface area (Å²) in [6.07, 6.45) is 0.432. The highest BCUT2D eigenvalue weighted by atomic mass is 35.5. The maximum atomic E-state index is 11.8. The first-order valence-electron chi connectivity index (χ1n) is 6.18. The van der Waals surface area contributed by atoms with Gasteiger partial charge >= 0.3 is 0 Å². The Hall–Kier alpha value is -1.65. The van der Waals surface area contributed by atoms with E-state index in [-0.39, 0.29) is 5.91 Å². The van der Waals surface area contributed by atoms with Crippen molar-refractivity contribution >= 4 is 40.6 Å². The fourth-order valence-electron chi connectivity index (χ4n) is 1.65. The van der Waals surface area contributed by atoms with Gasteiger partial charge in [0.1, 0.15) is 0 Å². The van der Waals surface area contributed by atoms with Gasteiger partial charge in [-0.2, -0.15) is 0 Å². The molecule has 0 saturated carbocycles. The lowest BCUT2D eigenvalue weighted by molar-refractivity contribution is -0.115. The van der Waals surface area contributed by atoms with Crippen LogP contribution in [0.2, 0.25) is 5.02 Å². The Morgan fingerprint density at radius 2 is 1.95 bits per heavy atom. The van der Waals surface area contributed by atoms with Crippen molar-refractivity contribution in [1.29, 1.82) is 0 Å². The number of benzene rings is 2. The third-order valence-corrected chi connectivity index (χ3v) is 3.94. The third kappa shape index (κ3) is 4.47. The van der Waals surface area contributed by atoms with Crippen LogP contribution in [-0.2, 0) is 4.79 Å². The molecular weight excluding hydrogens is 292 g/mol. The summed E-state index contributed by atoms with van der Waals surface area (Å²) in [5.74, 6) is 0.668. The van der Waals surface area contributed by atoms with Crippen LogP contribution in [0.15, 0.2) is 53.4 Å². The van der Waals surface area contributed by atoms with Crippen LogP contribution in [0.5, 0.6) is 0 Å². The Kier molecular flexibility index (Phi) is 5.32. The number of hydrogen-bond donors (Lipinski definition) is 2. The second-order valence-corrected chi connectivity index (χ2v) is 5.77. The van der Waals surface area contributed by atoms with Crippen LogP contribution in [0, 0.1) is 0 Å². The molecule has 0 heterocycles. The van der Waals surface area contributed by atoms with Crippen LogP contribution in [0.4, 0.5) is 11.4 Å². The van der Waals surface area contributed by atoms with Crippen LogP contribution >= 0.6 is 23.4 Å². The monoisotopic (exact) mass is 306 g/mol. The second-order valence-electron chi connectivity index (χ2n) is 4.19. The number of halogens is 1. The second kappa shape index (κ2) is 7.22. The molecule has 0 aliphatic carbocycles. The quantitative estimate of drug-likeness (QED) is 0.647. The first kappa shape index (κ1) is 14.8. The normalized spacial score (nSPS) is 10.2. The molecular formula is C15H15ClN2OS. The zero-order valence-electron chi connectivity index (χ0n) is 10.8. The summed E-state index contributed by atoms with van der Waals surface area (Å²) in [5, 5.41) is 3.47. The Balaban J connectivity index is 1.79. The van der Waals surface area contributed by atoms with Crippen molar-refractivity contribution in [1.82, 2.24) is 0 Å². The van der Waals surface area contributed by atoms with E-state index in [1.54, 1.807) is 23.9 Å². The molecule has 0 unspecified atom stereocenters. The molecule has 0 aromatic heterocycles. The van der Waals surface area contributed by atoms with Crippen molar-refractivity contribution in [2.24, 2.45) is 0 Å². The Morgan fingerprint density at radius 1 is 1.20 bits per heavy atom. The molecule has 1 amide bonds. The van der Waals surface area contributed by atoms with Crippen LogP contribution < -0.4 is 11.1 Å². The Morgan fingerprint density at radius 3 is 2.65 bits per heavy atom. The predicted octanol–water partition coefficient (Wildman–Crippen LogP) is 4.04. The molecule has 20 heavy (non-hydrogen) atoms. The molecule has 2 rings (SSSR count). The Labute approximate surface area is 127 Å². The predicted molar refractivity (Wildman–Crippen MR) is 86.3 cm³/mol. The minimum atomic E-state index is -0.00349. The van der Waals surface area contributed by atoms with Gasteiger partial charge in [-0.15, -0.1) is 11.8 Å². The van der Waals surface area contributed by atoms with Gasteiger partial charge in [-0.1, -0.05) is 29.8 Å². The Bertz CT molecular complexity index is 590. The molecule has 3 nitrogen and oxygen atoms in total. The minimum absolute atomic E-state index is 0.00349. The van der Waals surface area contributed by atoms with Crippen molar-refractivity contribution in [2.45, 2.75) is 11.3 Å². The number of carbonyl (C=O) groups is 1. The summed E-state index contributed by atoms with van der Waals surface area (Å²) >= 11 is 7.39. The molecule has 0 spiro atoms. The number of nitrogens with one attached hydrogen (secondary N) is 1. The first-order valence-corrected chi connectivity index (χ1v) is 7.54. The fraction of sp³-hybridized carbons (Fsp3) is 0.133. The van der Waals surface area contributed by atoms with Crippen molar-refractivity contribution in [3.63, 3.8) is 0 Å². The lowest BCUT2D eigenvalue weighted by Gasteiger charge is -2.07. The lowest BCUT2D eigenvalue weighted by Crippen LogP contribution is -2.11. The molecule has 0 radical (unpaired) electrons. The van der Waals surface area contributed by atoms with Crippen molar-refractivity contribution in [3.8, 4) is 0 Å². The number of anilines is 2. The van der Waals surface area contributed by atoms with Crippen molar-refractivity contribution in [3.05, 3.63) is 53.6 Å². The number of rotatable bonds is 5. The molecule has 0 saturated heterocycles. The van der Waals surface area contributed by atoms with Crippen molar-refractivity contribution < 1.29 is 4.79 Å². The smallest absolute Gasteiger partial charge is 0.225 e. The molecule has 2 aromatic carbocycles. The first-order chi connectivity index (χ1) is 9.65. The zero-order valence-corrected chi connectivity index (χ0v) is 12.4. The number of amides is 1. The molecule has 0 aliphatic heterocycles. The summed E-state index contributed by atoms with van der Waals surface area (Å²) in [6.45, 7) is 0. The van der Waals surface area contributed by atoms with Gasteiger partial charge in [0.25, 0.3) is 0 Å². The SMILES string of the molecule is Nc1cc(Cl)ccc1SCCC(=O)Nc1ccccc1. The molecule has 104 valence electrons. The van der Waals surface area contributed by atoms with Crippen LogP contribution in [0.1, 0.15) is 6.42 Å². The number of hydrogen-bond acceptors (Lipinski definition) is 3. The number of carbonyl (C=O) groups excluding carboxylic acids is 1. The highest BCUT2D eigenvalue weighted by Gasteiger charge is 2.05. The summed E-state index contributed by atoms with van der Waals surface area (Å²) in [4.78, 5) is 12.7. The number of thioether (sulfide) groups is 1. The standard InChI is InChI=1S/C15H15ClN2OS/c16-11-6-7-14(13(17)10-11)20-9-8-15(19)18-12-4-2-1-3-5-12/h1-7,10H,8-9,17H2,(H,18,19). The number of para-hydroxylation sites is 1. The van der Waals surface area contributed by atoms with Gasteiger partial charge in [0.15, 0.2) is 0 Å². The summed E-state index contributed by atoms with van der Waals surface area (Å²) in [6, 6.07) is 14.8. The van der Waals surface area contributed by atoms with E-state index < -0.39 is 0 Å². The van der Waals surface area contributed by atoms with E-state index in [9.17, 15) is 4.79 Å². The molecule has 3 N–H and O–H groups in total. The van der Waals surface area contributed by atoms with Gasteiger partial charge in [-0.3, -0.25) is 4.79 Å². The van der Waals surface area contributed by atoms with Crippen molar-refractivity contribution in [2.75, 3.05) is 16.8 Å². The molecule has 0 atom stereocenters. The summed E-state index contributed by atoms with van der Waals surface area (Å²) < 4.78 is 0. The zero-order chi connectivity index (χ0) is 14.4. The van der Waals surface area contributed by atoms with Gasteiger partial charge in [-0.25, -0.2) is 0 Å². The average Bonchev–Trinajstić information content (AvgIpc) is 2.42. The fourth-order valence-corrected chi connectivity index (χ4v) is 2.73. The van der Waals surface area contributed by atoms with Gasteiger partial charge < -0.3 is 11.1 Å². The number of nitrogen functional groups attached to an aromatic ring is 1. The van der Waals surface area contributed by atoms with Crippen LogP contribution in [0.3, 0.4) is 0 Å². The number of nitrogens with two attached hydrogens (primary N) is 1. The molecule has 0 bridgehead atoms. The van der Waals surface area contributed by atoms with E-state index in [0.29, 0.717) is 22.9 Å². The van der Waals surface area contributed by atoms with Gasteiger partial charge in [0.05, 0.1) is 0 Å². The van der Waals surface area contributed by atoms with E-state index in [4.69, 9.17) is 17.3 Å². The molecule has 0 aliphatic rings. The van der Waals surface area contributed by atoms with E-state index in [0.717, 1.165) is 10.6 Å². The minimum Gasteiger partial charge on any atom is -0.398 e. The van der Waals surface area contributed by atoms with Crippen LogP contribution in [-0.4, -0.2) is 11.7 Å². The van der Waals surface area contributed by atoms with E-state index in [2.05, 4.69) is 5.32 Å².